The van der Waals surface area contributed by atoms with E-state index < -0.39 is 0 Å². The molecule has 2 aromatic carbocycles. The summed E-state index contributed by atoms with van der Waals surface area (Å²) in [5, 5.41) is 14.0. The van der Waals surface area contributed by atoms with E-state index in [1.165, 1.54) is 11.1 Å². The Morgan fingerprint density at radius 2 is 1.61 bits per heavy atom. The van der Waals surface area contributed by atoms with E-state index in [9.17, 15) is 5.11 Å². The molecule has 4 aromatic rings. The van der Waals surface area contributed by atoms with E-state index in [-0.39, 0.29) is 17.8 Å². The van der Waals surface area contributed by atoms with Crippen LogP contribution in [0, 0.1) is 20.8 Å². The van der Waals surface area contributed by atoms with Crippen LogP contribution in [-0.2, 0) is 0 Å². The number of anilines is 1. The fourth-order valence-corrected chi connectivity index (χ4v) is 5.09. The summed E-state index contributed by atoms with van der Waals surface area (Å²) < 4.78 is 2.29. The number of hydrogen-bond acceptors (Lipinski definition) is 3. The smallest absolute Gasteiger partial charge is 0.174 e. The van der Waals surface area contributed by atoms with Crippen molar-refractivity contribution in [2.24, 2.45) is 0 Å². The lowest BCUT2D eigenvalue weighted by Crippen LogP contribution is -2.29. The Hall–Kier alpha value is -3.64. The van der Waals surface area contributed by atoms with E-state index in [0.29, 0.717) is 5.11 Å². The molecule has 2 atom stereocenters. The fraction of sp³-hybridized carbons (Fsp3) is 0.185. The van der Waals surface area contributed by atoms with Crippen LogP contribution < -0.4 is 10.2 Å². The Morgan fingerprint density at radius 1 is 0.909 bits per heavy atom. The van der Waals surface area contributed by atoms with Crippen LogP contribution in [0.1, 0.15) is 40.3 Å². The van der Waals surface area contributed by atoms with Crippen molar-refractivity contribution in [1.82, 2.24) is 14.9 Å². The average molecular weight is 455 g/mol. The van der Waals surface area contributed by atoms with Gasteiger partial charge in [0.05, 0.1) is 17.8 Å². The van der Waals surface area contributed by atoms with Gasteiger partial charge in [-0.2, -0.15) is 0 Å². The van der Waals surface area contributed by atoms with Crippen LogP contribution in [-0.4, -0.2) is 19.8 Å². The summed E-state index contributed by atoms with van der Waals surface area (Å²) in [6.07, 6.45) is 1.82. The number of aromatic hydroxyl groups is 1. The van der Waals surface area contributed by atoms with Crippen LogP contribution in [0.15, 0.2) is 79.0 Å². The minimum atomic E-state index is -0.112. The van der Waals surface area contributed by atoms with Gasteiger partial charge >= 0.3 is 0 Å². The van der Waals surface area contributed by atoms with Crippen LogP contribution in [0.4, 0.5) is 5.69 Å². The van der Waals surface area contributed by atoms with Gasteiger partial charge in [-0.3, -0.25) is 4.98 Å². The van der Waals surface area contributed by atoms with Gasteiger partial charge in [-0.25, -0.2) is 0 Å². The van der Waals surface area contributed by atoms with Crippen LogP contribution in [0.5, 0.6) is 5.75 Å². The fourth-order valence-electron chi connectivity index (χ4n) is 4.74. The minimum Gasteiger partial charge on any atom is -0.508 e. The largest absolute Gasteiger partial charge is 0.508 e. The van der Waals surface area contributed by atoms with E-state index in [1.807, 2.05) is 36.5 Å². The van der Waals surface area contributed by atoms with Crippen molar-refractivity contribution in [3.63, 3.8) is 0 Å². The summed E-state index contributed by atoms with van der Waals surface area (Å²) in [7, 11) is 0. The number of rotatable bonds is 4. The third kappa shape index (κ3) is 3.76. The Labute approximate surface area is 199 Å². The van der Waals surface area contributed by atoms with Crippen molar-refractivity contribution >= 4 is 23.0 Å². The highest BCUT2D eigenvalue weighted by molar-refractivity contribution is 7.80. The number of nitrogens with zero attached hydrogens (tertiary/aromatic N) is 3. The molecule has 3 heterocycles. The van der Waals surface area contributed by atoms with Crippen molar-refractivity contribution < 1.29 is 5.11 Å². The molecule has 6 heteroatoms. The van der Waals surface area contributed by atoms with Gasteiger partial charge in [0, 0.05) is 29.0 Å². The Bertz CT molecular complexity index is 1300. The maximum absolute atomic E-state index is 9.83. The molecule has 2 N–H and O–H groups in total. The standard InChI is InChI=1S/C27H26N4OS/c1-17-7-9-20(10-8-17)30-18(2)16-23(19(30)3)26-25(24-6-4-5-15-28-24)29-27(33)31(26)21-11-13-22(32)14-12-21/h4-16,25-26,32H,1-3H3,(H,29,33)/t25-,26+/m0/s1. The van der Waals surface area contributed by atoms with E-state index >= 15 is 0 Å². The monoisotopic (exact) mass is 454 g/mol. The lowest BCUT2D eigenvalue weighted by atomic mass is 9.96. The van der Waals surface area contributed by atoms with Crippen molar-refractivity contribution in [3.8, 4) is 11.4 Å². The van der Waals surface area contributed by atoms with Gasteiger partial charge in [-0.15, -0.1) is 0 Å². The molecule has 33 heavy (non-hydrogen) atoms. The summed E-state index contributed by atoms with van der Waals surface area (Å²) in [6, 6.07) is 23.8. The molecule has 1 aliphatic rings. The number of benzene rings is 2. The van der Waals surface area contributed by atoms with Gasteiger partial charge in [0.2, 0.25) is 0 Å². The highest BCUT2D eigenvalue weighted by Crippen LogP contribution is 2.43. The van der Waals surface area contributed by atoms with Crippen LogP contribution >= 0.6 is 12.2 Å². The first-order valence-electron chi connectivity index (χ1n) is 11.0. The van der Waals surface area contributed by atoms with E-state index in [2.05, 4.69) is 70.9 Å². The number of nitrogens with one attached hydrogen (secondary N) is 1. The second kappa shape index (κ2) is 8.37. The topological polar surface area (TPSA) is 53.3 Å². The first kappa shape index (κ1) is 21.2. The number of hydrogen-bond donors (Lipinski definition) is 2. The van der Waals surface area contributed by atoms with Gasteiger partial charge in [0.25, 0.3) is 0 Å². The summed E-state index contributed by atoms with van der Waals surface area (Å²) in [4.78, 5) is 6.78. The maximum Gasteiger partial charge on any atom is 0.174 e. The normalized spacial score (nSPS) is 17.9. The van der Waals surface area contributed by atoms with Gasteiger partial charge in [0.15, 0.2) is 5.11 Å². The summed E-state index contributed by atoms with van der Waals surface area (Å²) in [5.74, 6) is 0.229. The van der Waals surface area contributed by atoms with Crippen molar-refractivity contribution in [3.05, 3.63) is 107 Å². The molecule has 0 radical (unpaired) electrons. The zero-order valence-electron chi connectivity index (χ0n) is 18.9. The lowest BCUT2D eigenvalue weighted by Gasteiger charge is -2.28. The molecular weight excluding hydrogens is 428 g/mol. The minimum absolute atomic E-state index is 0.0951. The summed E-state index contributed by atoms with van der Waals surface area (Å²) in [5.41, 5.74) is 7.75. The molecule has 2 aromatic heterocycles. The molecule has 5 rings (SSSR count). The van der Waals surface area contributed by atoms with E-state index in [4.69, 9.17) is 12.2 Å². The molecule has 166 valence electrons. The molecule has 0 amide bonds. The molecule has 5 nitrogen and oxygen atoms in total. The van der Waals surface area contributed by atoms with Crippen molar-refractivity contribution in [2.75, 3.05) is 4.90 Å². The molecule has 1 aliphatic heterocycles. The number of aromatic nitrogens is 2. The molecular formula is C27H26N4OS. The molecule has 0 spiro atoms. The number of phenolic OH excluding ortho intramolecular Hbond substituents is 1. The lowest BCUT2D eigenvalue weighted by molar-refractivity contribution is 0.475. The molecule has 0 aliphatic carbocycles. The molecule has 0 saturated carbocycles. The van der Waals surface area contributed by atoms with E-state index in [0.717, 1.165) is 28.5 Å². The van der Waals surface area contributed by atoms with Crippen LogP contribution in [0.3, 0.4) is 0 Å². The van der Waals surface area contributed by atoms with Gasteiger partial charge < -0.3 is 19.9 Å². The van der Waals surface area contributed by atoms with Crippen molar-refractivity contribution in [2.45, 2.75) is 32.9 Å². The first-order chi connectivity index (χ1) is 15.9. The number of thiocarbonyl (C=S) groups is 1. The Morgan fingerprint density at radius 3 is 2.27 bits per heavy atom. The predicted octanol–water partition coefficient (Wildman–Crippen LogP) is 5.68. The number of phenols is 1. The van der Waals surface area contributed by atoms with Gasteiger partial charge in [-0.05, 0) is 93.1 Å². The van der Waals surface area contributed by atoms with Gasteiger partial charge in [-0.1, -0.05) is 23.8 Å². The SMILES string of the molecule is Cc1ccc(-n2c(C)cc([C@@H]3[C@H](c4ccccn4)NC(=S)N3c3ccc(O)cc3)c2C)cc1. The quantitative estimate of drug-likeness (QED) is 0.389. The highest BCUT2D eigenvalue weighted by Gasteiger charge is 2.42. The summed E-state index contributed by atoms with van der Waals surface area (Å²) in [6.45, 7) is 6.40. The molecule has 0 bridgehead atoms. The third-order valence-corrected chi connectivity index (χ3v) is 6.62. The molecule has 1 saturated heterocycles. The summed E-state index contributed by atoms with van der Waals surface area (Å²) >= 11 is 5.82. The zero-order chi connectivity index (χ0) is 23.1. The predicted molar refractivity (Wildman–Crippen MR) is 136 cm³/mol. The highest BCUT2D eigenvalue weighted by atomic mass is 32.1. The van der Waals surface area contributed by atoms with Crippen molar-refractivity contribution in [1.29, 1.82) is 0 Å². The maximum atomic E-state index is 9.83. The second-order valence-electron chi connectivity index (χ2n) is 8.51. The Balaban J connectivity index is 1.67. The van der Waals surface area contributed by atoms with Crippen LogP contribution in [0.25, 0.3) is 5.69 Å². The number of pyridine rings is 1. The first-order valence-corrected chi connectivity index (χ1v) is 11.4. The average Bonchev–Trinajstić information content (AvgIpc) is 3.31. The van der Waals surface area contributed by atoms with Gasteiger partial charge in [0.1, 0.15) is 5.75 Å². The van der Waals surface area contributed by atoms with Crippen LogP contribution in [0.2, 0.25) is 0 Å². The molecule has 0 unspecified atom stereocenters. The molecule has 1 fully saturated rings. The third-order valence-electron chi connectivity index (χ3n) is 6.31. The zero-order valence-corrected chi connectivity index (χ0v) is 19.7. The van der Waals surface area contributed by atoms with E-state index in [1.54, 1.807) is 12.1 Å². The Kier molecular flexibility index (Phi) is 5.38. The number of aryl methyl sites for hydroxylation is 2. The second-order valence-corrected chi connectivity index (χ2v) is 8.90.